The van der Waals surface area contributed by atoms with E-state index in [4.69, 9.17) is 0 Å². The molecule has 0 bridgehead atoms. The molecule has 24 heavy (non-hydrogen) atoms. The van der Waals surface area contributed by atoms with Crippen molar-refractivity contribution in [2.24, 2.45) is 0 Å². The first-order valence-electron chi connectivity index (χ1n) is 7.83. The molecule has 1 aromatic carbocycles. The standard InChI is InChI=1S/C17H19N5O2/c1-11-9-15(18-8-4-5-13-10-19-21-12(13)2)14-6-3-7-16(22(23)24)17(14)20-11/h3,6-7,9-10H,4-5,8H2,1-2H3,(H,18,20)(H,19,21). The molecule has 7 nitrogen and oxygen atoms in total. The second-order valence-electron chi connectivity index (χ2n) is 5.79. The number of anilines is 1. The van der Waals surface area contributed by atoms with Crippen molar-refractivity contribution in [1.29, 1.82) is 0 Å². The Kier molecular flexibility index (Phi) is 4.41. The van der Waals surface area contributed by atoms with E-state index in [0.717, 1.165) is 41.8 Å². The molecule has 2 N–H and O–H groups in total. The summed E-state index contributed by atoms with van der Waals surface area (Å²) in [6, 6.07) is 6.96. The topological polar surface area (TPSA) is 96.7 Å². The third kappa shape index (κ3) is 3.19. The fourth-order valence-corrected chi connectivity index (χ4v) is 2.78. The number of H-pyrrole nitrogens is 1. The number of aromatic nitrogens is 3. The molecule has 3 aromatic rings. The summed E-state index contributed by atoms with van der Waals surface area (Å²) in [5.74, 6) is 0. The number of aromatic amines is 1. The van der Waals surface area contributed by atoms with Gasteiger partial charge < -0.3 is 5.32 Å². The number of non-ortho nitro benzene ring substituents is 1. The maximum Gasteiger partial charge on any atom is 0.295 e. The Morgan fingerprint density at radius 1 is 1.33 bits per heavy atom. The van der Waals surface area contributed by atoms with Crippen LogP contribution in [-0.4, -0.2) is 26.6 Å². The minimum atomic E-state index is -0.389. The maximum atomic E-state index is 11.2. The van der Waals surface area contributed by atoms with Gasteiger partial charge in [-0.25, -0.2) is 4.98 Å². The van der Waals surface area contributed by atoms with Crippen LogP contribution in [0.5, 0.6) is 0 Å². The van der Waals surface area contributed by atoms with Crippen LogP contribution >= 0.6 is 0 Å². The second-order valence-corrected chi connectivity index (χ2v) is 5.79. The summed E-state index contributed by atoms with van der Waals surface area (Å²) in [4.78, 5) is 15.2. The Bertz CT molecular complexity index is 888. The lowest BCUT2D eigenvalue weighted by Gasteiger charge is -2.11. The van der Waals surface area contributed by atoms with E-state index in [9.17, 15) is 10.1 Å². The minimum Gasteiger partial charge on any atom is -0.384 e. The van der Waals surface area contributed by atoms with Gasteiger partial charge >= 0.3 is 0 Å². The molecule has 0 saturated heterocycles. The van der Waals surface area contributed by atoms with E-state index in [1.165, 1.54) is 11.6 Å². The van der Waals surface area contributed by atoms with Crippen LogP contribution in [0, 0.1) is 24.0 Å². The molecule has 2 aromatic heterocycles. The van der Waals surface area contributed by atoms with Gasteiger partial charge in [-0.15, -0.1) is 0 Å². The molecule has 2 heterocycles. The number of fused-ring (bicyclic) bond motifs is 1. The Labute approximate surface area is 139 Å². The molecule has 7 heteroatoms. The van der Waals surface area contributed by atoms with E-state index in [1.807, 2.05) is 32.2 Å². The van der Waals surface area contributed by atoms with Gasteiger partial charge in [-0.3, -0.25) is 15.2 Å². The van der Waals surface area contributed by atoms with E-state index in [2.05, 4.69) is 20.5 Å². The second kappa shape index (κ2) is 6.66. The van der Waals surface area contributed by atoms with Gasteiger partial charge in [-0.05, 0) is 38.3 Å². The molecule has 0 aliphatic heterocycles. The van der Waals surface area contributed by atoms with Crippen molar-refractivity contribution in [3.63, 3.8) is 0 Å². The van der Waals surface area contributed by atoms with Crippen LogP contribution in [0.2, 0.25) is 0 Å². The van der Waals surface area contributed by atoms with Crippen molar-refractivity contribution < 1.29 is 4.92 Å². The number of nitro benzene ring substituents is 1. The maximum absolute atomic E-state index is 11.2. The summed E-state index contributed by atoms with van der Waals surface area (Å²) in [7, 11) is 0. The fraction of sp³-hybridized carbons (Fsp3) is 0.294. The van der Waals surface area contributed by atoms with Crippen LogP contribution in [0.4, 0.5) is 11.4 Å². The summed E-state index contributed by atoms with van der Waals surface area (Å²) < 4.78 is 0. The van der Waals surface area contributed by atoms with Crippen molar-refractivity contribution >= 4 is 22.3 Å². The molecule has 0 atom stereocenters. The molecule has 0 unspecified atom stereocenters. The number of aryl methyl sites for hydroxylation is 3. The van der Waals surface area contributed by atoms with Crippen molar-refractivity contribution in [2.45, 2.75) is 26.7 Å². The van der Waals surface area contributed by atoms with Gasteiger partial charge in [0.25, 0.3) is 5.69 Å². The van der Waals surface area contributed by atoms with Gasteiger partial charge in [-0.1, -0.05) is 12.1 Å². The fourth-order valence-electron chi connectivity index (χ4n) is 2.78. The highest BCUT2D eigenvalue weighted by molar-refractivity contribution is 5.96. The monoisotopic (exact) mass is 325 g/mol. The third-order valence-electron chi connectivity index (χ3n) is 4.02. The van der Waals surface area contributed by atoms with Crippen molar-refractivity contribution in [3.05, 3.63) is 57.5 Å². The molecule has 0 radical (unpaired) electrons. The van der Waals surface area contributed by atoms with E-state index in [0.29, 0.717) is 5.52 Å². The van der Waals surface area contributed by atoms with Crippen molar-refractivity contribution in [1.82, 2.24) is 15.2 Å². The number of rotatable bonds is 6. The zero-order valence-electron chi connectivity index (χ0n) is 13.7. The normalized spacial score (nSPS) is 10.9. The van der Waals surface area contributed by atoms with Crippen molar-refractivity contribution in [2.75, 3.05) is 11.9 Å². The Morgan fingerprint density at radius 2 is 2.17 bits per heavy atom. The lowest BCUT2D eigenvalue weighted by molar-refractivity contribution is -0.383. The van der Waals surface area contributed by atoms with Gasteiger partial charge in [-0.2, -0.15) is 5.10 Å². The molecular weight excluding hydrogens is 306 g/mol. The summed E-state index contributed by atoms with van der Waals surface area (Å²) >= 11 is 0. The number of para-hydroxylation sites is 1. The van der Waals surface area contributed by atoms with Gasteiger partial charge in [0.2, 0.25) is 0 Å². The summed E-state index contributed by atoms with van der Waals surface area (Å²) in [6.07, 6.45) is 3.72. The summed E-state index contributed by atoms with van der Waals surface area (Å²) in [6.45, 7) is 4.62. The number of hydrogen-bond donors (Lipinski definition) is 2. The average molecular weight is 325 g/mol. The van der Waals surface area contributed by atoms with Crippen LogP contribution in [0.1, 0.15) is 23.4 Å². The molecule has 0 spiro atoms. The molecule has 0 aliphatic carbocycles. The lowest BCUT2D eigenvalue weighted by Crippen LogP contribution is -2.05. The highest BCUT2D eigenvalue weighted by atomic mass is 16.6. The largest absolute Gasteiger partial charge is 0.384 e. The molecule has 0 saturated carbocycles. The predicted molar refractivity (Wildman–Crippen MR) is 93.3 cm³/mol. The number of pyridine rings is 1. The SMILES string of the molecule is Cc1cc(NCCCc2cn[nH]c2C)c2cccc([N+](=O)[O-])c2n1. The highest BCUT2D eigenvalue weighted by Crippen LogP contribution is 2.29. The molecule has 124 valence electrons. The Hall–Kier alpha value is -2.96. The van der Waals surface area contributed by atoms with Crippen LogP contribution < -0.4 is 5.32 Å². The van der Waals surface area contributed by atoms with E-state index in [-0.39, 0.29) is 10.6 Å². The first-order chi connectivity index (χ1) is 11.6. The van der Waals surface area contributed by atoms with Crippen LogP contribution in [-0.2, 0) is 6.42 Å². The highest BCUT2D eigenvalue weighted by Gasteiger charge is 2.15. The van der Waals surface area contributed by atoms with Gasteiger partial charge in [0.05, 0.1) is 11.1 Å². The first-order valence-corrected chi connectivity index (χ1v) is 7.83. The quantitative estimate of drug-likeness (QED) is 0.410. The molecular formula is C17H19N5O2. The minimum absolute atomic E-state index is 0.0354. The number of nitrogens with zero attached hydrogens (tertiary/aromatic N) is 3. The van der Waals surface area contributed by atoms with Crippen LogP contribution in [0.3, 0.4) is 0 Å². The Morgan fingerprint density at radius 3 is 2.88 bits per heavy atom. The molecule has 0 fully saturated rings. The predicted octanol–water partition coefficient (Wildman–Crippen LogP) is 3.53. The van der Waals surface area contributed by atoms with Gasteiger partial charge in [0, 0.05) is 35.1 Å². The van der Waals surface area contributed by atoms with Gasteiger partial charge in [0.15, 0.2) is 5.52 Å². The number of nitrogens with one attached hydrogen (secondary N) is 2. The zero-order chi connectivity index (χ0) is 17.1. The number of hydrogen-bond acceptors (Lipinski definition) is 5. The molecule has 0 aliphatic rings. The lowest BCUT2D eigenvalue weighted by atomic mass is 10.1. The number of nitro groups is 1. The summed E-state index contributed by atoms with van der Waals surface area (Å²) in [5.41, 5.74) is 4.40. The smallest absolute Gasteiger partial charge is 0.295 e. The van der Waals surface area contributed by atoms with Crippen molar-refractivity contribution in [3.8, 4) is 0 Å². The first kappa shape index (κ1) is 15.9. The molecule has 0 amide bonds. The van der Waals surface area contributed by atoms with Crippen LogP contribution in [0.15, 0.2) is 30.5 Å². The number of benzene rings is 1. The average Bonchev–Trinajstić information content (AvgIpc) is 2.95. The third-order valence-corrected chi connectivity index (χ3v) is 4.02. The molecule has 3 rings (SSSR count). The van der Waals surface area contributed by atoms with Crippen LogP contribution in [0.25, 0.3) is 10.9 Å². The Balaban J connectivity index is 1.78. The van der Waals surface area contributed by atoms with Gasteiger partial charge in [0.1, 0.15) is 0 Å². The zero-order valence-corrected chi connectivity index (χ0v) is 13.7. The van der Waals surface area contributed by atoms with E-state index in [1.54, 1.807) is 6.07 Å². The summed E-state index contributed by atoms with van der Waals surface area (Å²) in [5, 5.41) is 22.3. The van der Waals surface area contributed by atoms with E-state index >= 15 is 0 Å². The van der Waals surface area contributed by atoms with E-state index < -0.39 is 0 Å².